The van der Waals surface area contributed by atoms with Crippen LogP contribution in [0.3, 0.4) is 0 Å². The van der Waals surface area contributed by atoms with Gasteiger partial charge in [-0.15, -0.1) is 0 Å². The molecule has 0 aliphatic rings. The number of furan rings is 1. The summed E-state index contributed by atoms with van der Waals surface area (Å²) in [6, 6.07) is 8.05. The van der Waals surface area contributed by atoms with E-state index in [0.717, 1.165) is 0 Å². The minimum absolute atomic E-state index is 0.0447. The zero-order valence-corrected chi connectivity index (χ0v) is 10.6. The molecule has 20 heavy (non-hydrogen) atoms. The van der Waals surface area contributed by atoms with Crippen LogP contribution in [-0.4, -0.2) is 18.2 Å². The Kier molecular flexibility index (Phi) is 3.91. The van der Waals surface area contributed by atoms with Gasteiger partial charge in [0.1, 0.15) is 12.2 Å². The molecule has 0 bridgehead atoms. The van der Waals surface area contributed by atoms with Crippen LogP contribution >= 0.6 is 0 Å². The number of hydrogen-bond acceptors (Lipinski definition) is 5. The van der Waals surface area contributed by atoms with E-state index in [2.05, 4.69) is 0 Å². The highest BCUT2D eigenvalue weighted by Gasteiger charge is 2.15. The molecule has 0 saturated carbocycles. The summed E-state index contributed by atoms with van der Waals surface area (Å²) in [6.45, 7) is -0.0447. The molecule has 0 amide bonds. The van der Waals surface area contributed by atoms with Gasteiger partial charge in [-0.05, 0) is 18.2 Å². The Bertz CT molecular complexity index is 668. The van der Waals surface area contributed by atoms with Crippen molar-refractivity contribution in [1.29, 1.82) is 5.26 Å². The fraction of sp³-hybridized carbons (Fsp3) is 0.143. The average Bonchev–Trinajstić information content (AvgIpc) is 2.93. The molecule has 6 nitrogen and oxygen atoms in total. The van der Waals surface area contributed by atoms with Crippen molar-refractivity contribution >= 4 is 5.97 Å². The number of nitriles is 1. The van der Waals surface area contributed by atoms with Crippen LogP contribution in [0.4, 0.5) is 0 Å². The van der Waals surface area contributed by atoms with E-state index in [1.54, 1.807) is 12.1 Å². The van der Waals surface area contributed by atoms with Crippen molar-refractivity contribution in [2.24, 2.45) is 0 Å². The number of carboxylic acid groups (broad SMARTS) is 1. The lowest BCUT2D eigenvalue weighted by Gasteiger charge is -2.10. The second-order valence-electron chi connectivity index (χ2n) is 3.83. The van der Waals surface area contributed by atoms with Gasteiger partial charge in [0.05, 0.1) is 25.0 Å². The van der Waals surface area contributed by atoms with Crippen molar-refractivity contribution in [2.45, 2.75) is 6.61 Å². The van der Waals surface area contributed by atoms with E-state index in [1.165, 1.54) is 25.5 Å². The topological polar surface area (TPSA) is 92.7 Å². The third kappa shape index (κ3) is 2.72. The normalized spacial score (nSPS) is 9.80. The molecule has 102 valence electrons. The van der Waals surface area contributed by atoms with Gasteiger partial charge in [-0.3, -0.25) is 0 Å². The van der Waals surface area contributed by atoms with Crippen LogP contribution in [0.25, 0.3) is 0 Å². The number of carboxylic acids is 1. The summed E-state index contributed by atoms with van der Waals surface area (Å²) in [6.07, 6.45) is 1.29. The van der Waals surface area contributed by atoms with E-state index in [-0.39, 0.29) is 17.9 Å². The van der Waals surface area contributed by atoms with Gasteiger partial charge >= 0.3 is 5.97 Å². The highest BCUT2D eigenvalue weighted by molar-refractivity contribution is 5.88. The molecule has 1 heterocycles. The number of methoxy groups -OCH3 is 1. The summed E-state index contributed by atoms with van der Waals surface area (Å²) in [4.78, 5) is 10.9. The van der Waals surface area contributed by atoms with Crippen LogP contribution < -0.4 is 9.47 Å². The zero-order valence-electron chi connectivity index (χ0n) is 10.6. The molecule has 2 rings (SSSR count). The molecular weight excluding hydrogens is 262 g/mol. The molecule has 2 aromatic rings. The summed E-state index contributed by atoms with van der Waals surface area (Å²) in [7, 11) is 1.46. The predicted molar refractivity (Wildman–Crippen MR) is 67.7 cm³/mol. The van der Waals surface area contributed by atoms with Gasteiger partial charge in [0.2, 0.25) is 0 Å². The summed E-state index contributed by atoms with van der Waals surface area (Å²) in [5, 5.41) is 17.7. The molecule has 0 fully saturated rings. The third-order valence-electron chi connectivity index (χ3n) is 2.63. The van der Waals surface area contributed by atoms with E-state index in [4.69, 9.17) is 24.3 Å². The molecule has 1 N–H and O–H groups in total. The monoisotopic (exact) mass is 273 g/mol. The zero-order chi connectivity index (χ0) is 14.5. The number of nitrogens with zero attached hydrogens (tertiary/aromatic N) is 1. The lowest BCUT2D eigenvalue weighted by molar-refractivity contribution is 0.0692. The van der Waals surface area contributed by atoms with Crippen molar-refractivity contribution in [1.82, 2.24) is 0 Å². The summed E-state index contributed by atoms with van der Waals surface area (Å²) < 4.78 is 15.7. The van der Waals surface area contributed by atoms with E-state index in [0.29, 0.717) is 17.1 Å². The number of hydrogen-bond donors (Lipinski definition) is 1. The summed E-state index contributed by atoms with van der Waals surface area (Å²) in [5.41, 5.74) is 0.496. The van der Waals surface area contributed by atoms with E-state index >= 15 is 0 Å². The minimum Gasteiger partial charge on any atom is -0.493 e. The van der Waals surface area contributed by atoms with Crippen LogP contribution in [0.15, 0.2) is 34.9 Å². The van der Waals surface area contributed by atoms with Crippen LogP contribution in [-0.2, 0) is 6.61 Å². The molecule has 1 aromatic heterocycles. The highest BCUT2D eigenvalue weighted by atomic mass is 16.5. The van der Waals surface area contributed by atoms with Gasteiger partial charge in [0.25, 0.3) is 0 Å². The Morgan fingerprint density at radius 3 is 2.85 bits per heavy atom. The Morgan fingerprint density at radius 1 is 1.40 bits per heavy atom. The first-order valence-corrected chi connectivity index (χ1v) is 5.66. The lowest BCUT2D eigenvalue weighted by Crippen LogP contribution is -2.03. The fourth-order valence-electron chi connectivity index (χ4n) is 1.64. The number of benzene rings is 1. The van der Waals surface area contributed by atoms with E-state index in [9.17, 15) is 4.79 Å². The smallest absolute Gasteiger partial charge is 0.339 e. The molecule has 0 aliphatic carbocycles. The number of ether oxygens (including phenoxy) is 2. The first-order valence-electron chi connectivity index (χ1n) is 5.66. The van der Waals surface area contributed by atoms with Crippen molar-refractivity contribution < 1.29 is 23.8 Å². The predicted octanol–water partition coefficient (Wildman–Crippen LogP) is 2.44. The highest BCUT2D eigenvalue weighted by Crippen LogP contribution is 2.29. The first kappa shape index (κ1) is 13.5. The minimum atomic E-state index is -1.08. The van der Waals surface area contributed by atoms with Crippen LogP contribution in [0.1, 0.15) is 21.7 Å². The third-order valence-corrected chi connectivity index (χ3v) is 2.63. The second-order valence-corrected chi connectivity index (χ2v) is 3.83. The van der Waals surface area contributed by atoms with Gasteiger partial charge in [-0.2, -0.15) is 5.26 Å². The van der Waals surface area contributed by atoms with Gasteiger partial charge in [0, 0.05) is 6.07 Å². The first-order chi connectivity index (χ1) is 9.65. The van der Waals surface area contributed by atoms with Gasteiger partial charge in [0.15, 0.2) is 17.3 Å². The molecular formula is C14H11NO5. The molecule has 0 atom stereocenters. The van der Waals surface area contributed by atoms with Crippen LogP contribution in [0.5, 0.6) is 11.5 Å². The Hall–Kier alpha value is -2.94. The average molecular weight is 273 g/mol. The van der Waals surface area contributed by atoms with Crippen LogP contribution in [0, 0.1) is 11.3 Å². The molecule has 0 radical (unpaired) electrons. The largest absolute Gasteiger partial charge is 0.493 e. The lowest BCUT2D eigenvalue weighted by atomic mass is 10.2. The summed E-state index contributed by atoms with van der Waals surface area (Å²) >= 11 is 0. The maximum Gasteiger partial charge on any atom is 0.339 e. The maximum atomic E-state index is 10.9. The molecule has 0 aliphatic heterocycles. The molecule has 0 spiro atoms. The molecule has 0 unspecified atom stereocenters. The molecule has 1 aromatic carbocycles. The van der Waals surface area contributed by atoms with Gasteiger partial charge < -0.3 is 19.0 Å². The standard InChI is InChI=1S/C14H11NO5/c1-18-12-6-9(7-15)2-3-11(12)20-8-13-10(14(16)17)4-5-19-13/h2-6H,8H2,1H3,(H,16,17). The molecule has 6 heteroatoms. The SMILES string of the molecule is COc1cc(C#N)ccc1OCc1occc1C(=O)O. The fourth-order valence-corrected chi connectivity index (χ4v) is 1.64. The number of carbonyl (C=O) groups is 1. The number of aromatic carboxylic acids is 1. The van der Waals surface area contributed by atoms with Gasteiger partial charge in [-0.25, -0.2) is 4.79 Å². The Balaban J connectivity index is 2.17. The summed E-state index contributed by atoms with van der Waals surface area (Å²) in [5.74, 6) is -0.0697. The van der Waals surface area contributed by atoms with Gasteiger partial charge in [-0.1, -0.05) is 0 Å². The Morgan fingerprint density at radius 2 is 2.20 bits per heavy atom. The Labute approximate surface area is 114 Å². The molecule has 0 saturated heterocycles. The van der Waals surface area contributed by atoms with Crippen molar-refractivity contribution in [2.75, 3.05) is 7.11 Å². The van der Waals surface area contributed by atoms with E-state index < -0.39 is 5.97 Å². The van der Waals surface area contributed by atoms with Crippen molar-refractivity contribution in [3.8, 4) is 17.6 Å². The second kappa shape index (κ2) is 5.80. The quantitative estimate of drug-likeness (QED) is 0.899. The van der Waals surface area contributed by atoms with E-state index in [1.807, 2.05) is 6.07 Å². The van der Waals surface area contributed by atoms with Crippen molar-refractivity contribution in [3.05, 3.63) is 47.4 Å². The maximum absolute atomic E-state index is 10.9. The van der Waals surface area contributed by atoms with Crippen LogP contribution in [0.2, 0.25) is 0 Å². The van der Waals surface area contributed by atoms with Crippen molar-refractivity contribution in [3.63, 3.8) is 0 Å². The number of rotatable bonds is 5.